The molecule has 0 aromatic rings. The molecule has 1 heteroatoms. The summed E-state index contributed by atoms with van der Waals surface area (Å²) >= 11 is 0. The Morgan fingerprint density at radius 3 is 2.75 bits per heavy atom. The monoisotopic (exact) mass is 166 g/mol. The zero-order valence-electron chi connectivity index (χ0n) is 7.90. The molecule has 0 radical (unpaired) electrons. The summed E-state index contributed by atoms with van der Waals surface area (Å²) in [6.45, 7) is 4.13. The van der Waals surface area contributed by atoms with Crippen molar-refractivity contribution in [1.29, 1.82) is 0 Å². The molecule has 0 aromatic carbocycles. The standard InChI is InChI=1S/C11H18O/c1-9(2)11(12)10-7-5-3-4-6-8-10/h3-5,7,9-12H,6,8H2,1-2H3. The fraction of sp³-hybridized carbons (Fsp3) is 0.636. The average molecular weight is 166 g/mol. The SMILES string of the molecule is CC(C)C(O)C1C=CC=CCC1. The summed E-state index contributed by atoms with van der Waals surface area (Å²) < 4.78 is 0. The first kappa shape index (κ1) is 9.53. The van der Waals surface area contributed by atoms with Crippen LogP contribution >= 0.6 is 0 Å². The minimum absolute atomic E-state index is 0.179. The first-order valence-electron chi connectivity index (χ1n) is 4.73. The zero-order chi connectivity index (χ0) is 8.97. The molecule has 0 heterocycles. The second-order valence-electron chi connectivity index (χ2n) is 3.79. The van der Waals surface area contributed by atoms with Crippen LogP contribution in [0.4, 0.5) is 0 Å². The highest BCUT2D eigenvalue weighted by Crippen LogP contribution is 2.21. The molecule has 68 valence electrons. The van der Waals surface area contributed by atoms with Crippen molar-refractivity contribution in [2.75, 3.05) is 0 Å². The van der Waals surface area contributed by atoms with Gasteiger partial charge in [0.25, 0.3) is 0 Å². The molecule has 1 rings (SSSR count). The Morgan fingerprint density at radius 2 is 2.08 bits per heavy atom. The third-order valence-electron chi connectivity index (χ3n) is 2.39. The number of hydrogen-bond acceptors (Lipinski definition) is 1. The fourth-order valence-electron chi connectivity index (χ4n) is 1.55. The molecule has 0 bridgehead atoms. The number of allylic oxidation sites excluding steroid dienone is 3. The Hall–Kier alpha value is -0.560. The van der Waals surface area contributed by atoms with Gasteiger partial charge in [0.2, 0.25) is 0 Å². The lowest BCUT2D eigenvalue weighted by atomic mass is 9.90. The summed E-state index contributed by atoms with van der Waals surface area (Å²) in [5, 5.41) is 9.80. The summed E-state index contributed by atoms with van der Waals surface area (Å²) in [6.07, 6.45) is 10.4. The van der Waals surface area contributed by atoms with Gasteiger partial charge >= 0.3 is 0 Å². The van der Waals surface area contributed by atoms with Crippen molar-refractivity contribution in [2.45, 2.75) is 32.8 Å². The molecule has 1 N–H and O–H groups in total. The molecule has 0 fully saturated rings. The predicted molar refractivity (Wildman–Crippen MR) is 51.8 cm³/mol. The second-order valence-corrected chi connectivity index (χ2v) is 3.79. The highest BCUT2D eigenvalue weighted by molar-refractivity contribution is 5.08. The van der Waals surface area contributed by atoms with E-state index in [4.69, 9.17) is 0 Å². The van der Waals surface area contributed by atoms with Crippen molar-refractivity contribution in [3.8, 4) is 0 Å². The minimum Gasteiger partial charge on any atom is -0.392 e. The van der Waals surface area contributed by atoms with Crippen LogP contribution in [0.15, 0.2) is 24.3 Å². The molecule has 0 amide bonds. The second kappa shape index (κ2) is 4.46. The number of aliphatic hydroxyl groups excluding tert-OH is 1. The molecular weight excluding hydrogens is 148 g/mol. The van der Waals surface area contributed by atoms with E-state index in [9.17, 15) is 5.11 Å². The van der Waals surface area contributed by atoms with Crippen LogP contribution in [0.1, 0.15) is 26.7 Å². The lowest BCUT2D eigenvalue weighted by Crippen LogP contribution is -2.24. The third-order valence-corrected chi connectivity index (χ3v) is 2.39. The van der Waals surface area contributed by atoms with Crippen LogP contribution in [0.25, 0.3) is 0 Å². The van der Waals surface area contributed by atoms with Crippen LogP contribution in [-0.4, -0.2) is 11.2 Å². The number of aliphatic hydroxyl groups is 1. The maximum atomic E-state index is 9.80. The molecule has 2 unspecified atom stereocenters. The van der Waals surface area contributed by atoms with E-state index in [1.807, 2.05) is 6.08 Å². The Morgan fingerprint density at radius 1 is 1.33 bits per heavy atom. The highest BCUT2D eigenvalue weighted by atomic mass is 16.3. The van der Waals surface area contributed by atoms with E-state index in [1.165, 1.54) is 0 Å². The van der Waals surface area contributed by atoms with Crippen molar-refractivity contribution in [3.63, 3.8) is 0 Å². The maximum absolute atomic E-state index is 9.80. The third kappa shape index (κ3) is 2.49. The number of rotatable bonds is 2. The highest BCUT2D eigenvalue weighted by Gasteiger charge is 2.19. The zero-order valence-corrected chi connectivity index (χ0v) is 7.90. The molecule has 0 aromatic heterocycles. The largest absolute Gasteiger partial charge is 0.392 e. The van der Waals surface area contributed by atoms with Crippen LogP contribution in [0.5, 0.6) is 0 Å². The Kier molecular flexibility index (Phi) is 3.54. The normalized spacial score (nSPS) is 25.8. The van der Waals surface area contributed by atoms with Crippen LogP contribution < -0.4 is 0 Å². The Labute approximate surface area is 74.8 Å². The summed E-state index contributed by atoms with van der Waals surface area (Å²) in [4.78, 5) is 0. The summed E-state index contributed by atoms with van der Waals surface area (Å²) in [7, 11) is 0. The van der Waals surface area contributed by atoms with E-state index in [2.05, 4.69) is 32.1 Å². The summed E-state index contributed by atoms with van der Waals surface area (Å²) in [5.41, 5.74) is 0. The Bertz CT molecular complexity index is 179. The van der Waals surface area contributed by atoms with Gasteiger partial charge in [-0.15, -0.1) is 0 Å². The molecule has 0 spiro atoms. The molecule has 1 aliphatic rings. The Balaban J connectivity index is 2.51. The average Bonchev–Trinajstić information content (AvgIpc) is 2.30. The van der Waals surface area contributed by atoms with Gasteiger partial charge in [0.05, 0.1) is 6.10 Å². The molecule has 1 aliphatic carbocycles. The van der Waals surface area contributed by atoms with E-state index in [1.54, 1.807) is 0 Å². The van der Waals surface area contributed by atoms with Crippen molar-refractivity contribution < 1.29 is 5.11 Å². The van der Waals surface area contributed by atoms with E-state index in [-0.39, 0.29) is 6.10 Å². The van der Waals surface area contributed by atoms with Crippen LogP contribution in [0.3, 0.4) is 0 Å². The molecule has 0 saturated heterocycles. The van der Waals surface area contributed by atoms with Gasteiger partial charge in [-0.1, -0.05) is 38.2 Å². The molecular formula is C11H18O. The van der Waals surface area contributed by atoms with Gasteiger partial charge in [0.1, 0.15) is 0 Å². The molecule has 0 saturated carbocycles. The first-order chi connectivity index (χ1) is 5.72. The fourth-order valence-corrected chi connectivity index (χ4v) is 1.55. The van der Waals surface area contributed by atoms with Crippen molar-refractivity contribution in [1.82, 2.24) is 0 Å². The lowest BCUT2D eigenvalue weighted by Gasteiger charge is -2.21. The van der Waals surface area contributed by atoms with Crippen LogP contribution in [0, 0.1) is 11.8 Å². The van der Waals surface area contributed by atoms with Crippen molar-refractivity contribution >= 4 is 0 Å². The van der Waals surface area contributed by atoms with Gasteiger partial charge in [-0.25, -0.2) is 0 Å². The van der Waals surface area contributed by atoms with Gasteiger partial charge in [0, 0.05) is 5.92 Å². The lowest BCUT2D eigenvalue weighted by molar-refractivity contribution is 0.0812. The van der Waals surface area contributed by atoms with E-state index in [0.29, 0.717) is 11.8 Å². The van der Waals surface area contributed by atoms with Gasteiger partial charge in [-0.3, -0.25) is 0 Å². The molecule has 0 aliphatic heterocycles. The predicted octanol–water partition coefficient (Wildman–Crippen LogP) is 2.53. The quantitative estimate of drug-likeness (QED) is 0.668. The van der Waals surface area contributed by atoms with Gasteiger partial charge in [-0.2, -0.15) is 0 Å². The smallest absolute Gasteiger partial charge is 0.0625 e. The van der Waals surface area contributed by atoms with E-state index < -0.39 is 0 Å². The number of hydrogen-bond donors (Lipinski definition) is 1. The van der Waals surface area contributed by atoms with Crippen molar-refractivity contribution in [2.24, 2.45) is 11.8 Å². The van der Waals surface area contributed by atoms with Gasteiger partial charge < -0.3 is 5.11 Å². The molecule has 12 heavy (non-hydrogen) atoms. The minimum atomic E-state index is -0.179. The van der Waals surface area contributed by atoms with Crippen LogP contribution in [0.2, 0.25) is 0 Å². The van der Waals surface area contributed by atoms with Crippen LogP contribution in [-0.2, 0) is 0 Å². The molecule has 1 nitrogen and oxygen atoms in total. The first-order valence-corrected chi connectivity index (χ1v) is 4.73. The van der Waals surface area contributed by atoms with E-state index >= 15 is 0 Å². The van der Waals surface area contributed by atoms with Gasteiger partial charge in [-0.05, 0) is 18.8 Å². The topological polar surface area (TPSA) is 20.2 Å². The van der Waals surface area contributed by atoms with Gasteiger partial charge in [0.15, 0.2) is 0 Å². The maximum Gasteiger partial charge on any atom is 0.0625 e. The summed E-state index contributed by atoms with van der Waals surface area (Å²) in [5.74, 6) is 0.706. The molecule has 2 atom stereocenters. The summed E-state index contributed by atoms with van der Waals surface area (Å²) in [6, 6.07) is 0. The van der Waals surface area contributed by atoms with E-state index in [0.717, 1.165) is 12.8 Å². The van der Waals surface area contributed by atoms with Crippen molar-refractivity contribution in [3.05, 3.63) is 24.3 Å².